The first-order chi connectivity index (χ1) is 14.0. The number of hydrogen-bond donors (Lipinski definition) is 2. The van der Waals surface area contributed by atoms with Crippen LogP contribution in [0.2, 0.25) is 0 Å². The first-order valence-electron chi connectivity index (χ1n) is 10.2. The van der Waals surface area contributed by atoms with Crippen molar-refractivity contribution >= 4 is 11.0 Å². The Kier molecular flexibility index (Phi) is 5.33. The minimum atomic E-state index is -0.0721. The highest BCUT2D eigenvalue weighted by molar-refractivity contribution is 5.86. The highest BCUT2D eigenvalue weighted by Gasteiger charge is 2.24. The van der Waals surface area contributed by atoms with E-state index in [0.717, 1.165) is 30.0 Å². The summed E-state index contributed by atoms with van der Waals surface area (Å²) in [6.07, 6.45) is 2.44. The number of hydrogen-bond acceptors (Lipinski definition) is 4. The number of phenolic OH excluding ortho intramolecular Hbond substituents is 1. The fourth-order valence-corrected chi connectivity index (χ4v) is 4.48. The predicted molar refractivity (Wildman–Crippen MR) is 114 cm³/mol. The predicted octanol–water partition coefficient (Wildman–Crippen LogP) is 3.30. The van der Waals surface area contributed by atoms with Gasteiger partial charge in [0, 0.05) is 5.92 Å². The highest BCUT2D eigenvalue weighted by Crippen LogP contribution is 2.30. The quantitative estimate of drug-likeness (QED) is 0.713. The van der Waals surface area contributed by atoms with Crippen LogP contribution in [0.5, 0.6) is 11.5 Å². The Balaban J connectivity index is 1.81. The van der Waals surface area contributed by atoms with E-state index < -0.39 is 0 Å². The van der Waals surface area contributed by atoms with Crippen molar-refractivity contribution in [1.29, 1.82) is 0 Å². The number of quaternary nitrogens is 1. The number of piperidine rings is 1. The van der Waals surface area contributed by atoms with Gasteiger partial charge in [-0.05, 0) is 49.6 Å². The molecule has 2 N–H and O–H groups in total. The molecule has 0 saturated carbocycles. The molecule has 1 aliphatic rings. The molecule has 1 fully saturated rings. The van der Waals surface area contributed by atoms with Crippen molar-refractivity contribution in [2.24, 2.45) is 5.92 Å². The van der Waals surface area contributed by atoms with Crippen molar-refractivity contribution in [2.75, 3.05) is 20.2 Å². The molecule has 29 heavy (non-hydrogen) atoms. The molecule has 2 aromatic carbocycles. The number of ether oxygens (including phenoxy) is 1. The van der Waals surface area contributed by atoms with Crippen molar-refractivity contribution in [3.8, 4) is 22.6 Å². The third-order valence-corrected chi connectivity index (χ3v) is 5.98. The van der Waals surface area contributed by atoms with Gasteiger partial charge in [0.1, 0.15) is 23.8 Å². The van der Waals surface area contributed by atoms with E-state index in [9.17, 15) is 9.90 Å². The second kappa shape index (κ2) is 7.91. The fourth-order valence-electron chi connectivity index (χ4n) is 4.48. The molecule has 2 atom stereocenters. The van der Waals surface area contributed by atoms with Gasteiger partial charge in [-0.1, -0.05) is 19.1 Å². The van der Waals surface area contributed by atoms with Gasteiger partial charge in [0.15, 0.2) is 5.58 Å². The third-order valence-electron chi connectivity index (χ3n) is 5.98. The van der Waals surface area contributed by atoms with Crippen molar-refractivity contribution in [3.63, 3.8) is 0 Å². The lowest BCUT2D eigenvalue weighted by Gasteiger charge is -2.28. The van der Waals surface area contributed by atoms with Gasteiger partial charge in [-0.25, -0.2) is 0 Å². The first-order valence-corrected chi connectivity index (χ1v) is 10.2. The van der Waals surface area contributed by atoms with Crippen molar-refractivity contribution in [1.82, 2.24) is 0 Å². The summed E-state index contributed by atoms with van der Waals surface area (Å²) in [7, 11) is 1.61. The van der Waals surface area contributed by atoms with Gasteiger partial charge < -0.3 is 19.2 Å². The van der Waals surface area contributed by atoms with Crippen LogP contribution in [0.1, 0.15) is 31.1 Å². The van der Waals surface area contributed by atoms with Crippen LogP contribution < -0.4 is 15.1 Å². The Morgan fingerprint density at radius 1 is 1.21 bits per heavy atom. The van der Waals surface area contributed by atoms with Gasteiger partial charge in [0.05, 0.1) is 36.7 Å². The molecule has 1 saturated heterocycles. The van der Waals surface area contributed by atoms with Crippen LogP contribution >= 0.6 is 0 Å². The van der Waals surface area contributed by atoms with Crippen molar-refractivity contribution in [2.45, 2.75) is 33.2 Å². The Morgan fingerprint density at radius 2 is 1.97 bits per heavy atom. The smallest absolute Gasteiger partial charge is 0.200 e. The normalized spacial score (nSPS) is 19.4. The molecule has 1 aromatic heterocycles. The molecule has 5 nitrogen and oxygen atoms in total. The maximum Gasteiger partial charge on any atom is 0.200 e. The molecule has 2 heterocycles. The van der Waals surface area contributed by atoms with Gasteiger partial charge in [-0.15, -0.1) is 0 Å². The van der Waals surface area contributed by atoms with E-state index >= 15 is 0 Å². The van der Waals surface area contributed by atoms with E-state index in [1.165, 1.54) is 17.7 Å². The molecule has 152 valence electrons. The summed E-state index contributed by atoms with van der Waals surface area (Å²) in [4.78, 5) is 14.8. The Bertz CT molecular complexity index is 1080. The van der Waals surface area contributed by atoms with Gasteiger partial charge in [-0.3, -0.25) is 4.79 Å². The SMILES string of the molecule is COc1ccc(-c2c(C)oc3c(C[NH+]4CCC[C@H](C)C4)c(O)ccc3c2=O)cc1. The van der Waals surface area contributed by atoms with E-state index in [2.05, 4.69) is 6.92 Å². The second-order valence-corrected chi connectivity index (χ2v) is 8.16. The summed E-state index contributed by atoms with van der Waals surface area (Å²) in [6, 6.07) is 10.7. The molecule has 0 bridgehead atoms. The number of aromatic hydroxyl groups is 1. The van der Waals surface area contributed by atoms with Crippen LogP contribution in [0.4, 0.5) is 0 Å². The molecular formula is C24H28NO4+. The lowest BCUT2D eigenvalue weighted by atomic mass is 9.98. The summed E-state index contributed by atoms with van der Waals surface area (Å²) in [5.41, 5.74) is 2.51. The number of likely N-dealkylation sites (tertiary alicyclic amines) is 1. The Labute approximate surface area is 170 Å². The van der Waals surface area contributed by atoms with Crippen LogP contribution in [0.3, 0.4) is 0 Å². The Morgan fingerprint density at radius 3 is 2.66 bits per heavy atom. The zero-order valence-electron chi connectivity index (χ0n) is 17.2. The second-order valence-electron chi connectivity index (χ2n) is 8.16. The molecule has 0 radical (unpaired) electrons. The molecule has 0 spiro atoms. The molecular weight excluding hydrogens is 366 g/mol. The third kappa shape index (κ3) is 3.75. The number of fused-ring (bicyclic) bond motifs is 1. The summed E-state index contributed by atoms with van der Waals surface area (Å²) in [5.74, 6) is 2.17. The van der Waals surface area contributed by atoms with Crippen LogP contribution in [0.25, 0.3) is 22.1 Å². The molecule has 1 unspecified atom stereocenters. The summed E-state index contributed by atoms with van der Waals surface area (Å²) < 4.78 is 11.4. The highest BCUT2D eigenvalue weighted by atomic mass is 16.5. The molecule has 5 heteroatoms. The number of rotatable bonds is 4. The molecule has 0 aliphatic carbocycles. The zero-order chi connectivity index (χ0) is 20.5. The van der Waals surface area contributed by atoms with Crippen LogP contribution in [-0.4, -0.2) is 25.3 Å². The number of aryl methyl sites for hydroxylation is 1. The number of methoxy groups -OCH3 is 1. The largest absolute Gasteiger partial charge is 0.507 e. The van der Waals surface area contributed by atoms with Gasteiger partial charge >= 0.3 is 0 Å². The lowest BCUT2D eigenvalue weighted by molar-refractivity contribution is -0.922. The van der Waals surface area contributed by atoms with Gasteiger partial charge in [-0.2, -0.15) is 0 Å². The molecule has 1 aliphatic heterocycles. The maximum absolute atomic E-state index is 13.3. The minimum absolute atomic E-state index is 0.0721. The fraction of sp³-hybridized carbons (Fsp3) is 0.375. The van der Waals surface area contributed by atoms with Crippen molar-refractivity contribution < 1.29 is 19.2 Å². The monoisotopic (exact) mass is 394 g/mol. The lowest BCUT2D eigenvalue weighted by Crippen LogP contribution is -3.12. The summed E-state index contributed by atoms with van der Waals surface area (Å²) in [6.45, 7) is 6.89. The van der Waals surface area contributed by atoms with E-state index in [-0.39, 0.29) is 11.2 Å². The number of phenols is 1. The van der Waals surface area contributed by atoms with E-state index in [1.54, 1.807) is 19.2 Å². The van der Waals surface area contributed by atoms with Crippen LogP contribution in [0.15, 0.2) is 45.6 Å². The molecule has 0 amide bonds. The maximum atomic E-state index is 13.3. The number of benzene rings is 2. The standard InChI is InChI=1S/C24H27NO4/c1-15-5-4-12-25(13-15)14-20-21(26)11-10-19-23(27)22(16(2)29-24(19)20)17-6-8-18(28-3)9-7-17/h6-11,15,26H,4-5,12-14H2,1-3H3/p+1/t15-/m0/s1. The molecule has 4 rings (SSSR count). The van der Waals surface area contributed by atoms with Gasteiger partial charge in [0.25, 0.3) is 0 Å². The average molecular weight is 394 g/mol. The van der Waals surface area contributed by atoms with E-state index in [4.69, 9.17) is 9.15 Å². The first kappa shape index (κ1) is 19.5. The van der Waals surface area contributed by atoms with Crippen LogP contribution in [0, 0.1) is 12.8 Å². The van der Waals surface area contributed by atoms with E-state index in [0.29, 0.717) is 34.8 Å². The van der Waals surface area contributed by atoms with Crippen LogP contribution in [-0.2, 0) is 6.54 Å². The van der Waals surface area contributed by atoms with Crippen molar-refractivity contribution in [3.05, 3.63) is 57.9 Å². The molecule has 3 aromatic rings. The summed E-state index contributed by atoms with van der Waals surface area (Å²) >= 11 is 0. The topological polar surface area (TPSA) is 64.1 Å². The average Bonchev–Trinajstić information content (AvgIpc) is 2.71. The van der Waals surface area contributed by atoms with Gasteiger partial charge in [0.2, 0.25) is 5.43 Å². The summed E-state index contributed by atoms with van der Waals surface area (Å²) in [5, 5.41) is 11.1. The van der Waals surface area contributed by atoms with E-state index in [1.807, 2.05) is 31.2 Å². The number of nitrogens with one attached hydrogen (secondary N) is 1. The zero-order valence-corrected chi connectivity index (χ0v) is 17.2. The Hall–Kier alpha value is -2.79. The minimum Gasteiger partial charge on any atom is -0.507 e.